The van der Waals surface area contributed by atoms with Gasteiger partial charge in [-0.3, -0.25) is 4.79 Å². The van der Waals surface area contributed by atoms with Crippen LogP contribution in [0.5, 0.6) is 0 Å². The third-order valence-electron chi connectivity index (χ3n) is 5.49. The lowest BCUT2D eigenvalue weighted by molar-refractivity contribution is -0.131. The summed E-state index contributed by atoms with van der Waals surface area (Å²) in [4.78, 5) is 38.7. The number of aliphatic carboxylic acids is 1. The first kappa shape index (κ1) is 22.8. The lowest BCUT2D eigenvalue weighted by Gasteiger charge is -2.14. The van der Waals surface area contributed by atoms with Crippen LogP contribution in [0, 0.1) is 0 Å². The minimum absolute atomic E-state index is 0.00165. The second-order valence-corrected chi connectivity index (χ2v) is 7.70. The molecule has 0 fully saturated rings. The van der Waals surface area contributed by atoms with E-state index in [1.807, 2.05) is 24.3 Å². The molecule has 0 saturated carbocycles. The largest absolute Gasteiger partial charge is 0.478 e. The number of hydrogen-bond donors (Lipinski definition) is 3. The van der Waals surface area contributed by atoms with E-state index < -0.39 is 18.0 Å². The summed E-state index contributed by atoms with van der Waals surface area (Å²) in [5, 5.41) is 13.8. The lowest BCUT2D eigenvalue weighted by Crippen LogP contribution is -2.29. The Morgan fingerprint density at radius 1 is 1.03 bits per heavy atom. The van der Waals surface area contributed by atoms with Crippen molar-refractivity contribution in [3.8, 4) is 11.1 Å². The molecule has 0 radical (unpaired) electrons. The fraction of sp³-hybridized carbons (Fsp3) is 0.200. The van der Waals surface area contributed by atoms with Crippen LogP contribution in [-0.2, 0) is 16.1 Å². The molecule has 0 bridgehead atoms. The molecule has 1 aliphatic rings. The molecule has 4 rings (SSSR count). The van der Waals surface area contributed by atoms with E-state index in [1.165, 1.54) is 23.5 Å². The first-order chi connectivity index (χ1) is 16.5. The predicted octanol–water partition coefficient (Wildman–Crippen LogP) is 2.79. The van der Waals surface area contributed by atoms with E-state index >= 15 is 0 Å². The quantitative estimate of drug-likeness (QED) is 0.422. The molecule has 174 valence electrons. The summed E-state index contributed by atoms with van der Waals surface area (Å²) in [6.07, 6.45) is 4.81. The van der Waals surface area contributed by atoms with Crippen molar-refractivity contribution in [2.45, 2.75) is 12.5 Å². The van der Waals surface area contributed by atoms with Gasteiger partial charge in [0.1, 0.15) is 12.3 Å². The number of rotatable bonds is 9. The number of alkyl carbamates (subject to hydrolysis) is 1. The minimum Gasteiger partial charge on any atom is -0.478 e. The van der Waals surface area contributed by atoms with Crippen LogP contribution in [0.15, 0.2) is 73.2 Å². The van der Waals surface area contributed by atoms with E-state index in [1.54, 1.807) is 10.8 Å². The second-order valence-electron chi connectivity index (χ2n) is 7.70. The molecule has 1 aromatic heterocycles. The smallest absolute Gasteiger partial charge is 0.407 e. The normalized spacial score (nSPS) is 12.2. The molecule has 34 heavy (non-hydrogen) atoms. The van der Waals surface area contributed by atoms with Crippen LogP contribution < -0.4 is 10.6 Å². The number of fused-ring (bicyclic) bond motifs is 3. The summed E-state index contributed by atoms with van der Waals surface area (Å²) in [6, 6.07) is 16.3. The van der Waals surface area contributed by atoms with Crippen LogP contribution in [0.25, 0.3) is 11.1 Å². The van der Waals surface area contributed by atoms with Crippen molar-refractivity contribution >= 4 is 18.0 Å². The maximum Gasteiger partial charge on any atom is 0.407 e. The highest BCUT2D eigenvalue weighted by molar-refractivity contribution is 5.92. The molecule has 9 nitrogen and oxygen atoms in total. The maximum absolute atomic E-state index is 12.3. The molecular weight excluding hydrogens is 436 g/mol. The molecule has 0 spiro atoms. The van der Waals surface area contributed by atoms with Gasteiger partial charge in [-0.2, -0.15) is 0 Å². The van der Waals surface area contributed by atoms with E-state index in [0.29, 0.717) is 13.1 Å². The fourth-order valence-corrected chi connectivity index (χ4v) is 3.94. The summed E-state index contributed by atoms with van der Waals surface area (Å²) in [5.41, 5.74) is 4.85. The maximum atomic E-state index is 12.3. The Bertz CT molecular complexity index is 1190. The van der Waals surface area contributed by atoms with Gasteiger partial charge in [-0.25, -0.2) is 14.6 Å². The average Bonchev–Trinajstić information content (AvgIpc) is 3.43. The molecule has 3 aromatic rings. The van der Waals surface area contributed by atoms with Crippen molar-refractivity contribution < 1.29 is 24.2 Å². The number of carbonyl (C=O) groups is 3. The molecule has 1 heterocycles. The Hall–Kier alpha value is -4.40. The SMILES string of the molecule is O=C(O)/C=C/CNC(=O)c1cn(CCNC(=O)OCC2c3ccccc3-c3ccccc32)cn1. The summed E-state index contributed by atoms with van der Waals surface area (Å²) in [7, 11) is 0. The van der Waals surface area contributed by atoms with Crippen molar-refractivity contribution in [3.05, 3.63) is 90.0 Å². The fourth-order valence-electron chi connectivity index (χ4n) is 3.94. The molecule has 2 amide bonds. The van der Waals surface area contributed by atoms with Gasteiger partial charge in [0.25, 0.3) is 5.91 Å². The van der Waals surface area contributed by atoms with Gasteiger partial charge in [-0.1, -0.05) is 54.6 Å². The van der Waals surface area contributed by atoms with Gasteiger partial charge in [0, 0.05) is 37.8 Å². The van der Waals surface area contributed by atoms with Crippen LogP contribution in [0.4, 0.5) is 4.79 Å². The number of imidazole rings is 1. The molecule has 0 unspecified atom stereocenters. The number of carboxylic acid groups (broad SMARTS) is 1. The van der Waals surface area contributed by atoms with Crippen molar-refractivity contribution in [1.29, 1.82) is 0 Å². The Labute approximate surface area is 196 Å². The second kappa shape index (κ2) is 10.5. The summed E-state index contributed by atoms with van der Waals surface area (Å²) < 4.78 is 7.18. The molecule has 0 atom stereocenters. The summed E-state index contributed by atoms with van der Waals surface area (Å²) in [5.74, 6) is -1.50. The molecule has 2 aromatic carbocycles. The highest BCUT2D eigenvalue weighted by Crippen LogP contribution is 2.44. The molecular formula is C25H24N4O5. The topological polar surface area (TPSA) is 123 Å². The van der Waals surface area contributed by atoms with Gasteiger partial charge in [-0.15, -0.1) is 0 Å². The molecule has 9 heteroatoms. The number of amides is 2. The number of hydrogen-bond acceptors (Lipinski definition) is 5. The molecule has 0 aliphatic heterocycles. The van der Waals surface area contributed by atoms with Crippen molar-refractivity contribution in [1.82, 2.24) is 20.2 Å². The van der Waals surface area contributed by atoms with Crippen molar-refractivity contribution in [3.63, 3.8) is 0 Å². The van der Waals surface area contributed by atoms with Crippen LogP contribution in [0.3, 0.4) is 0 Å². The van der Waals surface area contributed by atoms with E-state index in [0.717, 1.165) is 17.2 Å². The van der Waals surface area contributed by atoms with Gasteiger partial charge in [0.15, 0.2) is 0 Å². The highest BCUT2D eigenvalue weighted by atomic mass is 16.5. The van der Waals surface area contributed by atoms with Gasteiger partial charge >= 0.3 is 12.1 Å². The van der Waals surface area contributed by atoms with Gasteiger partial charge in [0.05, 0.1) is 6.33 Å². The third kappa shape index (κ3) is 5.32. The highest BCUT2D eigenvalue weighted by Gasteiger charge is 2.28. The summed E-state index contributed by atoms with van der Waals surface area (Å²) in [6.45, 7) is 1.03. The van der Waals surface area contributed by atoms with Crippen LogP contribution in [0.1, 0.15) is 27.5 Å². The molecule has 0 saturated heterocycles. The number of benzene rings is 2. The third-order valence-corrected chi connectivity index (χ3v) is 5.49. The first-order valence-electron chi connectivity index (χ1n) is 10.8. The van der Waals surface area contributed by atoms with Crippen molar-refractivity contribution in [2.75, 3.05) is 19.7 Å². The standard InChI is InChI=1S/C25H24N4O5/c30-23(31)10-5-11-26-24(32)22-14-29(16-28-22)13-12-27-25(33)34-15-21-19-8-3-1-6-17(19)18-7-2-4-9-20(18)21/h1-10,14,16,21H,11-13,15H2,(H,26,32)(H,27,33)(H,30,31)/b10-5+. The Kier molecular flexibility index (Phi) is 7.02. The van der Waals surface area contributed by atoms with E-state index in [9.17, 15) is 14.4 Å². The zero-order chi connectivity index (χ0) is 23.9. The van der Waals surface area contributed by atoms with Crippen molar-refractivity contribution in [2.24, 2.45) is 0 Å². The average molecular weight is 460 g/mol. The monoisotopic (exact) mass is 460 g/mol. The Morgan fingerprint density at radius 3 is 2.38 bits per heavy atom. The number of nitrogens with one attached hydrogen (secondary N) is 2. The summed E-state index contributed by atoms with van der Waals surface area (Å²) >= 11 is 0. The number of aromatic nitrogens is 2. The molecule has 3 N–H and O–H groups in total. The lowest BCUT2D eigenvalue weighted by atomic mass is 9.98. The number of ether oxygens (including phenoxy) is 1. The van der Waals surface area contributed by atoms with Gasteiger partial charge < -0.3 is 25.0 Å². The Morgan fingerprint density at radius 2 is 1.71 bits per heavy atom. The van der Waals surface area contributed by atoms with Gasteiger partial charge in [0.2, 0.25) is 0 Å². The minimum atomic E-state index is -1.08. The molecule has 1 aliphatic carbocycles. The van der Waals surface area contributed by atoms with Gasteiger partial charge in [-0.05, 0) is 22.3 Å². The first-order valence-corrected chi connectivity index (χ1v) is 10.8. The predicted molar refractivity (Wildman–Crippen MR) is 124 cm³/mol. The zero-order valence-corrected chi connectivity index (χ0v) is 18.3. The van der Waals surface area contributed by atoms with Crippen LogP contribution >= 0.6 is 0 Å². The van der Waals surface area contributed by atoms with E-state index in [-0.39, 0.29) is 24.8 Å². The Balaban J connectivity index is 1.23. The van der Waals surface area contributed by atoms with E-state index in [2.05, 4.69) is 39.9 Å². The van der Waals surface area contributed by atoms with E-state index in [4.69, 9.17) is 9.84 Å². The number of carbonyl (C=O) groups excluding carboxylic acids is 2. The number of carboxylic acids is 1. The van der Waals surface area contributed by atoms with Crippen LogP contribution in [-0.4, -0.2) is 52.3 Å². The number of nitrogens with zero attached hydrogens (tertiary/aromatic N) is 2. The zero-order valence-electron chi connectivity index (χ0n) is 18.3. The van der Waals surface area contributed by atoms with Crippen LogP contribution in [0.2, 0.25) is 0 Å².